The van der Waals surface area contributed by atoms with Gasteiger partial charge in [0.25, 0.3) is 0 Å². The number of nitrogens with zero attached hydrogens (tertiary/aromatic N) is 1. The molecular weight excluding hydrogens is 1480 g/mol. The van der Waals surface area contributed by atoms with E-state index in [0.717, 1.165) is 24.4 Å². The van der Waals surface area contributed by atoms with Crippen LogP contribution in [0.4, 0.5) is 4.79 Å². The number of rotatable bonds is 27. The highest BCUT2D eigenvalue weighted by atomic mass is 127. The number of Topliss-reactive ketones (excluding diaryl/α,β-unsaturated/α-hetero) is 1. The molecule has 0 aromatic heterocycles. The third-order valence-electron chi connectivity index (χ3n) is 17.4. The number of hydroxylamine groups is 1. The number of amides is 2. The largest absolute Gasteiger partial charge is 0.497 e. The van der Waals surface area contributed by atoms with Crippen molar-refractivity contribution in [1.29, 1.82) is 0 Å². The number of thioether (sulfide) groups is 1. The van der Waals surface area contributed by atoms with Gasteiger partial charge in [0.05, 0.1) is 110 Å². The zero-order chi connectivity index (χ0) is 72.9. The Kier molecular flexibility index (Phi) is 29.4. The molecule has 2 bridgehead atoms. The van der Waals surface area contributed by atoms with Crippen LogP contribution in [0, 0.1) is 34.2 Å². The average Bonchev–Trinajstić information content (AvgIpc) is 0.759. The summed E-state index contributed by atoms with van der Waals surface area (Å²) in [6.45, 7) is 14.9. The smallest absolute Gasteiger partial charge is 0.411 e. The molecule has 9 N–H and O–H groups in total. The first-order chi connectivity index (χ1) is 47.6. The number of benzene rings is 2. The monoisotopic (exact) mass is 1570 g/mol. The van der Waals surface area contributed by atoms with Crippen molar-refractivity contribution < 1.29 is 111 Å². The van der Waals surface area contributed by atoms with E-state index >= 15 is 0 Å². The Morgan fingerprint density at radius 3 is 2.22 bits per heavy atom. The van der Waals surface area contributed by atoms with Crippen LogP contribution in [0.1, 0.15) is 95.6 Å². The molecule has 0 saturated carbocycles. The van der Waals surface area contributed by atoms with E-state index in [1.807, 2.05) is 55.5 Å². The Hall–Kier alpha value is -5.13. The number of halogens is 1. The van der Waals surface area contributed by atoms with Crippen LogP contribution in [0.2, 0.25) is 0 Å². The molecule has 2 aromatic rings. The fraction of sp³-hybridized carbons (Fsp3) is 0.603. The number of nitrogens with one attached hydrogen (secondary N) is 4. The van der Waals surface area contributed by atoms with Gasteiger partial charge in [-0.15, -0.1) is 0 Å². The van der Waals surface area contributed by atoms with E-state index in [0.29, 0.717) is 27.1 Å². The van der Waals surface area contributed by atoms with E-state index in [4.69, 9.17) is 66.4 Å². The maximum atomic E-state index is 14.5. The number of fused-ring (bicyclic) bond motifs is 2. The highest BCUT2D eigenvalue weighted by molar-refractivity contribution is 14.1. The van der Waals surface area contributed by atoms with Gasteiger partial charge in [0.1, 0.15) is 42.4 Å². The number of aliphatic hydroxyl groups excluding tert-OH is 4. The fourth-order valence-corrected chi connectivity index (χ4v) is 16.2. The van der Waals surface area contributed by atoms with Gasteiger partial charge in [-0.3, -0.25) is 24.5 Å². The van der Waals surface area contributed by atoms with Crippen molar-refractivity contribution in [3.8, 4) is 46.7 Å². The number of carbonyl (C=O) groups excluding carboxylic acids is 4. The quantitative estimate of drug-likeness (QED) is 0.0147. The minimum absolute atomic E-state index is 0.0127. The van der Waals surface area contributed by atoms with Gasteiger partial charge in [-0.25, -0.2) is 10.2 Å². The molecule has 8 rings (SSSR count). The van der Waals surface area contributed by atoms with Crippen molar-refractivity contribution in [2.24, 2.45) is 5.10 Å². The maximum absolute atomic E-state index is 14.5. The molecule has 4 aliphatic heterocycles. The summed E-state index contributed by atoms with van der Waals surface area (Å²) in [5, 5.41) is 67.7. The van der Waals surface area contributed by atoms with Crippen LogP contribution in [0.5, 0.6) is 23.0 Å². The molecule has 32 heteroatoms. The van der Waals surface area contributed by atoms with Crippen molar-refractivity contribution in [1.82, 2.24) is 21.5 Å². The first kappa shape index (κ1) is 80.6. The average molecular weight is 1570 g/mol. The van der Waals surface area contributed by atoms with Gasteiger partial charge in [-0.05, 0) is 125 Å². The number of allylic oxidation sites excluding steroid dienone is 3. The summed E-state index contributed by atoms with van der Waals surface area (Å²) in [4.78, 5) is 61.6. The Morgan fingerprint density at radius 1 is 0.850 bits per heavy atom. The van der Waals surface area contributed by atoms with E-state index in [1.165, 1.54) is 55.1 Å². The van der Waals surface area contributed by atoms with Gasteiger partial charge in [0.2, 0.25) is 23.1 Å². The summed E-state index contributed by atoms with van der Waals surface area (Å²) >= 11 is 2.81. The predicted molar refractivity (Wildman–Crippen MR) is 378 cm³/mol. The van der Waals surface area contributed by atoms with Crippen LogP contribution in [0.25, 0.3) is 0 Å². The summed E-state index contributed by atoms with van der Waals surface area (Å²) in [5.74, 6) is 11.4. The number of aliphatic hydroxyl groups is 5. The number of alkyl carbamates (subject to hydrolysis) is 1. The second-order valence-electron chi connectivity index (χ2n) is 24.8. The second-order valence-corrected chi connectivity index (χ2v) is 30.1. The van der Waals surface area contributed by atoms with Crippen molar-refractivity contribution in [2.75, 3.05) is 61.6 Å². The number of hydrazone groups is 1. The normalized spacial score (nSPS) is 32.3. The molecule has 2 aromatic carbocycles. The topological polar surface area (TPSA) is 359 Å². The molecule has 100 heavy (non-hydrogen) atoms. The highest BCUT2D eigenvalue weighted by Gasteiger charge is 2.52. The molecule has 6 aliphatic rings. The van der Waals surface area contributed by atoms with Gasteiger partial charge < -0.3 is 92.4 Å². The van der Waals surface area contributed by atoms with Crippen LogP contribution in [-0.4, -0.2) is 236 Å². The van der Waals surface area contributed by atoms with Crippen LogP contribution < -0.4 is 40.5 Å². The van der Waals surface area contributed by atoms with E-state index in [1.54, 1.807) is 67.0 Å². The summed E-state index contributed by atoms with van der Waals surface area (Å²) in [6, 6.07) is 5.91. The summed E-state index contributed by atoms with van der Waals surface area (Å²) < 4.78 is 77.6. The Balaban J connectivity index is 1.02. The summed E-state index contributed by atoms with van der Waals surface area (Å²) in [7, 11) is 11.0. The van der Waals surface area contributed by atoms with Gasteiger partial charge in [0.15, 0.2) is 41.8 Å². The second kappa shape index (κ2) is 36.5. The number of hydrogen-bond donors (Lipinski definition) is 9. The number of ketones is 1. The van der Waals surface area contributed by atoms with Crippen molar-refractivity contribution in [3.63, 3.8) is 0 Å². The lowest BCUT2D eigenvalue weighted by atomic mass is 9.75. The van der Waals surface area contributed by atoms with Crippen molar-refractivity contribution in [2.45, 2.75) is 201 Å². The van der Waals surface area contributed by atoms with E-state index < -0.39 is 137 Å². The number of ether oxygens (including phenoxy) is 13. The first-order valence-corrected chi connectivity index (χ1v) is 36.6. The predicted octanol–water partition coefficient (Wildman–Crippen LogP) is 4.64. The minimum Gasteiger partial charge on any atom is -0.497 e. The number of carbonyl (C=O) groups is 4. The lowest BCUT2D eigenvalue weighted by Gasteiger charge is -2.46. The van der Waals surface area contributed by atoms with Crippen LogP contribution in [0.15, 0.2) is 64.4 Å². The summed E-state index contributed by atoms with van der Waals surface area (Å²) in [5.41, 5.74) is 4.94. The molecule has 550 valence electrons. The van der Waals surface area contributed by atoms with E-state index in [9.17, 15) is 44.7 Å². The molecule has 4 saturated heterocycles. The molecule has 28 nitrogen and oxygen atoms in total. The zero-order valence-electron chi connectivity index (χ0n) is 58.0. The van der Waals surface area contributed by atoms with Gasteiger partial charge >= 0.3 is 6.09 Å². The van der Waals surface area contributed by atoms with Crippen molar-refractivity contribution >= 4 is 84.6 Å². The lowest BCUT2D eigenvalue weighted by molar-refractivity contribution is -0.336. The highest BCUT2D eigenvalue weighted by Crippen LogP contribution is 2.49. The van der Waals surface area contributed by atoms with Crippen LogP contribution in [-0.2, 0) is 57.1 Å². The molecule has 4 fully saturated rings. The number of likely N-dealkylation sites (N-methyl/N-ethyl adjacent to an activating group) is 1. The standard InChI is InChI=1S/C68H90IN5O23S3/c1-15-70-41-32-90-47(29-45(41)85-10)95-60-55(79)52(74-97-48-28-42(75)62(37(6)91-48)99-63(81)49-33(2)51(69)58(61(88-13)57(49)86-11)96-64-56(80)59(87-12)54(78)36(5)93-64)35(4)92-65(60)94-44-20-18-16-17-19-26-68(83)30-43(76)53(71-66(82)89-14)50(44)40(68)25-27-98-100-67(7,8)31-46(77)73-72-34(3)38-21-23-39(84-9)24-22-38/h16-17,21-25,35-37,41-42,44-45,47-48,52,54-56,59-60,62,64-65,70,74-75,78-80,83H,15,27-32H2,1-14H3,(H,71,82)(H,73,77)/b17-16-,40-25+,72-34+/t35-,36+,37-,41+,42+,44+,45+,47+,48+,52-,54+,55+,56-,59-,60-,62-,64+,65+,68+/m1/s1. The van der Waals surface area contributed by atoms with E-state index in [2.05, 4.69) is 50.3 Å². The molecule has 4 heterocycles. The SMILES string of the molecule is CCN[C@H]1CO[C@@H](O[C@H]2[C@H](O[C@H]3C#C/C=C\C#C[C@]4(O)CC(=O)C(NC(=O)OC)=C3/C4=C\CSSC(C)(C)CC(=O)N/N=C(\C)c3ccc(OC)cc3)O[C@H](C)[C@@H](NO[C@H]3C[C@H](O)[C@H](SC(=O)c4c(C)c(I)c(O[C@@H]5O[C@@H](C)[C@H](O)[C@@H](OC)[C@H]5O)c(OC)c4OC)[C@@H](C)O3)[C@@H]2O)C[C@@H]1OC. The van der Waals surface area contributed by atoms with Crippen LogP contribution in [0.3, 0.4) is 0 Å². The molecule has 0 unspecified atom stereocenters. The molecule has 2 amide bonds. The summed E-state index contributed by atoms with van der Waals surface area (Å²) in [6.07, 6.45) is -14.6. The van der Waals surface area contributed by atoms with Gasteiger partial charge in [0, 0.05) is 55.1 Å². The maximum Gasteiger partial charge on any atom is 0.411 e. The Morgan fingerprint density at radius 2 is 1.56 bits per heavy atom. The van der Waals surface area contributed by atoms with Crippen molar-refractivity contribution in [3.05, 3.63) is 79.6 Å². The molecule has 2 aliphatic carbocycles. The fourth-order valence-electron chi connectivity index (χ4n) is 12.1. The molecule has 19 atom stereocenters. The third kappa shape index (κ3) is 19.4. The molecule has 0 spiro atoms. The number of hydrogen-bond acceptors (Lipinski definition) is 29. The number of methoxy groups -OCH3 is 6. The first-order valence-electron chi connectivity index (χ1n) is 32.3. The van der Waals surface area contributed by atoms with Crippen LogP contribution >= 0.6 is 55.9 Å². The minimum atomic E-state index is -2.18. The zero-order valence-corrected chi connectivity index (χ0v) is 62.6. The third-order valence-corrected chi connectivity index (χ3v) is 23.2. The molecular formula is C68H90IN5O23S3. The van der Waals surface area contributed by atoms with Gasteiger partial charge in [-0.2, -0.15) is 10.6 Å². The molecule has 0 radical (unpaired) electrons. The van der Waals surface area contributed by atoms with E-state index in [-0.39, 0.29) is 83.2 Å². The van der Waals surface area contributed by atoms with Gasteiger partial charge in [-0.1, -0.05) is 70.0 Å². The lowest BCUT2D eigenvalue weighted by Crippen LogP contribution is -2.65. The Labute approximate surface area is 607 Å². The Bertz CT molecular complexity index is 3480.